The van der Waals surface area contributed by atoms with Crippen LogP contribution in [0.15, 0.2) is 22.7 Å². The lowest BCUT2D eigenvalue weighted by Crippen LogP contribution is -2.25. The maximum absolute atomic E-state index is 14.5. The SMILES string of the molecule is Cc1cc(NC(=O)CSCC(=O)Nc2ccc3c(c2F)CCNC3)no1. The first kappa shape index (κ1) is 18.4. The van der Waals surface area contributed by atoms with E-state index in [1.165, 1.54) is 0 Å². The molecule has 2 aromatic rings. The Morgan fingerprint density at radius 3 is 2.81 bits per heavy atom. The van der Waals surface area contributed by atoms with Crippen molar-refractivity contribution in [1.82, 2.24) is 10.5 Å². The molecule has 1 aliphatic heterocycles. The third-order valence-electron chi connectivity index (χ3n) is 3.84. The molecule has 0 spiro atoms. The van der Waals surface area contributed by atoms with Gasteiger partial charge in [-0.2, -0.15) is 0 Å². The van der Waals surface area contributed by atoms with Gasteiger partial charge in [0.15, 0.2) is 5.82 Å². The predicted octanol–water partition coefficient (Wildman–Crippen LogP) is 2.08. The molecule has 138 valence electrons. The lowest BCUT2D eigenvalue weighted by molar-refractivity contribution is -0.114. The molecule has 0 unspecified atom stereocenters. The number of thioether (sulfide) groups is 1. The highest BCUT2D eigenvalue weighted by molar-refractivity contribution is 8.00. The van der Waals surface area contributed by atoms with Crippen LogP contribution >= 0.6 is 11.8 Å². The summed E-state index contributed by atoms with van der Waals surface area (Å²) < 4.78 is 19.3. The van der Waals surface area contributed by atoms with Crippen molar-refractivity contribution in [3.05, 3.63) is 40.9 Å². The summed E-state index contributed by atoms with van der Waals surface area (Å²) in [4.78, 5) is 23.8. The molecule has 0 fully saturated rings. The molecule has 7 nitrogen and oxygen atoms in total. The fourth-order valence-electron chi connectivity index (χ4n) is 2.66. The Labute approximate surface area is 154 Å². The first-order valence-electron chi connectivity index (χ1n) is 8.14. The van der Waals surface area contributed by atoms with Gasteiger partial charge in [0.25, 0.3) is 0 Å². The Morgan fingerprint density at radius 2 is 2.08 bits per heavy atom. The molecule has 0 saturated carbocycles. The fraction of sp³-hybridized carbons (Fsp3) is 0.353. The molecular weight excluding hydrogens is 359 g/mol. The van der Waals surface area contributed by atoms with Gasteiger partial charge >= 0.3 is 0 Å². The van der Waals surface area contributed by atoms with E-state index < -0.39 is 0 Å². The summed E-state index contributed by atoms with van der Waals surface area (Å²) in [5.41, 5.74) is 1.75. The first-order chi connectivity index (χ1) is 12.5. The Bertz CT molecular complexity index is 824. The number of benzene rings is 1. The van der Waals surface area contributed by atoms with Crippen LogP contribution < -0.4 is 16.0 Å². The quantitative estimate of drug-likeness (QED) is 0.712. The molecule has 3 rings (SSSR count). The average Bonchev–Trinajstić information content (AvgIpc) is 3.02. The number of hydrogen-bond donors (Lipinski definition) is 3. The Hall–Kier alpha value is -2.39. The Morgan fingerprint density at radius 1 is 1.31 bits per heavy atom. The number of amides is 2. The molecule has 0 bridgehead atoms. The van der Waals surface area contributed by atoms with Crippen LogP contribution in [0.3, 0.4) is 0 Å². The van der Waals surface area contributed by atoms with E-state index in [-0.39, 0.29) is 34.8 Å². The van der Waals surface area contributed by atoms with E-state index in [9.17, 15) is 14.0 Å². The summed E-state index contributed by atoms with van der Waals surface area (Å²) in [6.45, 7) is 3.08. The predicted molar refractivity (Wildman–Crippen MR) is 97.6 cm³/mol. The number of rotatable bonds is 6. The molecular formula is C17H19FN4O3S. The summed E-state index contributed by atoms with van der Waals surface area (Å²) in [5, 5.41) is 12.0. The van der Waals surface area contributed by atoms with E-state index in [2.05, 4.69) is 21.1 Å². The highest BCUT2D eigenvalue weighted by atomic mass is 32.2. The molecule has 2 heterocycles. The fourth-order valence-corrected chi connectivity index (χ4v) is 3.27. The molecule has 1 aromatic heterocycles. The zero-order chi connectivity index (χ0) is 18.5. The van der Waals surface area contributed by atoms with Crippen molar-refractivity contribution in [2.24, 2.45) is 0 Å². The highest BCUT2D eigenvalue weighted by Gasteiger charge is 2.17. The van der Waals surface area contributed by atoms with E-state index in [1.54, 1.807) is 19.1 Å². The van der Waals surface area contributed by atoms with Crippen LogP contribution in [0.2, 0.25) is 0 Å². The highest BCUT2D eigenvalue weighted by Crippen LogP contribution is 2.24. The average molecular weight is 378 g/mol. The molecule has 26 heavy (non-hydrogen) atoms. The van der Waals surface area contributed by atoms with Gasteiger partial charge in [-0.15, -0.1) is 11.8 Å². The molecule has 9 heteroatoms. The van der Waals surface area contributed by atoms with Crippen molar-refractivity contribution in [2.45, 2.75) is 19.9 Å². The van der Waals surface area contributed by atoms with Crippen molar-refractivity contribution < 1.29 is 18.5 Å². The number of aryl methyl sites for hydroxylation is 1. The van der Waals surface area contributed by atoms with Crippen LogP contribution in [0.5, 0.6) is 0 Å². The summed E-state index contributed by atoms with van der Waals surface area (Å²) in [6, 6.07) is 4.99. The maximum Gasteiger partial charge on any atom is 0.235 e. The first-order valence-corrected chi connectivity index (χ1v) is 9.30. The van der Waals surface area contributed by atoms with Crippen LogP contribution in [0.4, 0.5) is 15.9 Å². The number of carbonyl (C=O) groups excluding carboxylic acids is 2. The van der Waals surface area contributed by atoms with Crippen LogP contribution in [0, 0.1) is 12.7 Å². The molecule has 0 aliphatic carbocycles. The van der Waals surface area contributed by atoms with Crippen molar-refractivity contribution in [3.8, 4) is 0 Å². The van der Waals surface area contributed by atoms with Gasteiger partial charge in [0, 0.05) is 12.6 Å². The monoisotopic (exact) mass is 378 g/mol. The molecule has 1 aliphatic rings. The molecule has 2 amide bonds. The summed E-state index contributed by atoms with van der Waals surface area (Å²) in [7, 11) is 0. The standard InChI is InChI=1S/C17H19FN4O3S/c1-10-6-14(22-25-10)21-16(24)9-26-8-15(23)20-13-3-2-11-7-19-5-4-12(11)17(13)18/h2-3,6,19H,4-5,7-9H2,1H3,(H,20,23)(H,21,22,24). The van der Waals surface area contributed by atoms with E-state index >= 15 is 0 Å². The van der Waals surface area contributed by atoms with E-state index in [4.69, 9.17) is 4.52 Å². The van der Waals surface area contributed by atoms with Gasteiger partial charge in [0.05, 0.1) is 17.2 Å². The third kappa shape index (κ3) is 4.61. The van der Waals surface area contributed by atoms with Gasteiger partial charge < -0.3 is 20.5 Å². The number of aromatic nitrogens is 1. The zero-order valence-electron chi connectivity index (χ0n) is 14.2. The summed E-state index contributed by atoms with van der Waals surface area (Å²) in [5.74, 6) is 0.0392. The Kier molecular flexibility index (Phi) is 5.89. The minimum Gasteiger partial charge on any atom is -0.360 e. The van der Waals surface area contributed by atoms with Crippen molar-refractivity contribution in [2.75, 3.05) is 28.7 Å². The third-order valence-corrected chi connectivity index (χ3v) is 4.78. The van der Waals surface area contributed by atoms with E-state index in [0.717, 1.165) is 23.9 Å². The number of hydrogen-bond acceptors (Lipinski definition) is 6. The van der Waals surface area contributed by atoms with Gasteiger partial charge in [-0.1, -0.05) is 11.2 Å². The summed E-state index contributed by atoms with van der Waals surface area (Å²) >= 11 is 1.13. The minimum absolute atomic E-state index is 0.0450. The normalized spacial score (nSPS) is 13.2. The zero-order valence-corrected chi connectivity index (χ0v) is 15.0. The molecule has 0 atom stereocenters. The van der Waals surface area contributed by atoms with Crippen LogP contribution in [-0.2, 0) is 22.6 Å². The maximum atomic E-state index is 14.5. The van der Waals surface area contributed by atoms with Gasteiger partial charge in [0.2, 0.25) is 11.8 Å². The van der Waals surface area contributed by atoms with Gasteiger partial charge in [-0.3, -0.25) is 9.59 Å². The Balaban J connectivity index is 1.46. The number of nitrogens with one attached hydrogen (secondary N) is 3. The van der Waals surface area contributed by atoms with Crippen molar-refractivity contribution >= 4 is 35.1 Å². The van der Waals surface area contributed by atoms with E-state index in [1.807, 2.05) is 6.07 Å². The summed E-state index contributed by atoms with van der Waals surface area (Å²) in [6.07, 6.45) is 0.599. The van der Waals surface area contributed by atoms with Crippen LogP contribution in [0.1, 0.15) is 16.9 Å². The second-order valence-electron chi connectivity index (χ2n) is 5.90. The lowest BCUT2D eigenvalue weighted by atomic mass is 9.99. The van der Waals surface area contributed by atoms with Crippen molar-refractivity contribution in [3.63, 3.8) is 0 Å². The smallest absolute Gasteiger partial charge is 0.235 e. The van der Waals surface area contributed by atoms with Gasteiger partial charge in [-0.25, -0.2) is 4.39 Å². The van der Waals surface area contributed by atoms with Crippen LogP contribution in [0.25, 0.3) is 0 Å². The number of nitrogens with zero attached hydrogens (tertiary/aromatic N) is 1. The molecule has 1 aromatic carbocycles. The lowest BCUT2D eigenvalue weighted by Gasteiger charge is -2.19. The van der Waals surface area contributed by atoms with Crippen molar-refractivity contribution in [1.29, 1.82) is 0 Å². The second-order valence-corrected chi connectivity index (χ2v) is 6.89. The largest absolute Gasteiger partial charge is 0.360 e. The van der Waals surface area contributed by atoms with Gasteiger partial charge in [0.1, 0.15) is 11.6 Å². The van der Waals surface area contributed by atoms with Crippen LogP contribution in [-0.4, -0.2) is 35.0 Å². The second kappa shape index (κ2) is 8.33. The molecule has 0 saturated heterocycles. The number of fused-ring (bicyclic) bond motifs is 1. The van der Waals surface area contributed by atoms with Gasteiger partial charge in [-0.05, 0) is 37.1 Å². The molecule has 0 radical (unpaired) electrons. The topological polar surface area (TPSA) is 96.3 Å². The minimum atomic E-state index is -0.374. The number of carbonyl (C=O) groups is 2. The number of anilines is 2. The number of halogens is 1. The van der Waals surface area contributed by atoms with E-state index in [0.29, 0.717) is 30.1 Å². The molecule has 3 N–H and O–H groups in total.